The molecule has 0 radical (unpaired) electrons. The van der Waals surface area contributed by atoms with Crippen LogP contribution in [0.4, 0.5) is 11.4 Å². The van der Waals surface area contributed by atoms with Crippen molar-refractivity contribution in [2.24, 2.45) is 0 Å². The summed E-state index contributed by atoms with van der Waals surface area (Å²) in [6, 6.07) is 7.15. The SMILES string of the molecule is CN(C)c1ccc(NC(=O)C(=O)NCCCO)cc1.Cl. The molecule has 0 aliphatic carbocycles. The molecule has 0 aromatic heterocycles. The minimum Gasteiger partial charge on any atom is -0.396 e. The summed E-state index contributed by atoms with van der Waals surface area (Å²) in [5.41, 5.74) is 1.57. The van der Waals surface area contributed by atoms with Crippen molar-refractivity contribution in [3.8, 4) is 0 Å². The van der Waals surface area contributed by atoms with Crippen LogP contribution in [-0.4, -0.2) is 44.2 Å². The van der Waals surface area contributed by atoms with E-state index < -0.39 is 11.8 Å². The van der Waals surface area contributed by atoms with E-state index in [2.05, 4.69) is 10.6 Å². The lowest BCUT2D eigenvalue weighted by Crippen LogP contribution is -2.36. The molecule has 0 atom stereocenters. The smallest absolute Gasteiger partial charge is 0.313 e. The summed E-state index contributed by atoms with van der Waals surface area (Å²) in [4.78, 5) is 24.9. The number of benzene rings is 1. The van der Waals surface area contributed by atoms with E-state index in [0.717, 1.165) is 5.69 Å². The lowest BCUT2D eigenvalue weighted by Gasteiger charge is -2.13. The summed E-state index contributed by atoms with van der Waals surface area (Å²) in [6.07, 6.45) is 0.427. The molecule has 112 valence electrons. The van der Waals surface area contributed by atoms with Crippen LogP contribution in [0.25, 0.3) is 0 Å². The minimum absolute atomic E-state index is 0. The van der Waals surface area contributed by atoms with E-state index in [9.17, 15) is 9.59 Å². The van der Waals surface area contributed by atoms with E-state index in [1.54, 1.807) is 12.1 Å². The molecule has 0 saturated carbocycles. The van der Waals surface area contributed by atoms with E-state index in [4.69, 9.17) is 5.11 Å². The molecule has 0 unspecified atom stereocenters. The van der Waals surface area contributed by atoms with Crippen LogP contribution in [-0.2, 0) is 9.59 Å². The molecule has 3 N–H and O–H groups in total. The topological polar surface area (TPSA) is 81.7 Å². The van der Waals surface area contributed by atoms with Gasteiger partial charge in [0.1, 0.15) is 0 Å². The summed E-state index contributed by atoms with van der Waals surface area (Å²) in [7, 11) is 3.84. The third-order valence-electron chi connectivity index (χ3n) is 2.47. The highest BCUT2D eigenvalue weighted by Crippen LogP contribution is 2.15. The molecular formula is C13H20ClN3O3. The van der Waals surface area contributed by atoms with Gasteiger partial charge in [-0.3, -0.25) is 9.59 Å². The van der Waals surface area contributed by atoms with Gasteiger partial charge in [-0.05, 0) is 30.7 Å². The fourth-order valence-corrected chi connectivity index (χ4v) is 1.39. The molecule has 1 rings (SSSR count). The van der Waals surface area contributed by atoms with Gasteiger partial charge in [0, 0.05) is 38.6 Å². The van der Waals surface area contributed by atoms with Crippen molar-refractivity contribution in [3.05, 3.63) is 24.3 Å². The molecule has 0 aliphatic heterocycles. The quantitative estimate of drug-likeness (QED) is 0.550. The molecule has 20 heavy (non-hydrogen) atoms. The van der Waals surface area contributed by atoms with Gasteiger partial charge in [-0.15, -0.1) is 12.4 Å². The first kappa shape index (κ1) is 18.2. The summed E-state index contributed by atoms with van der Waals surface area (Å²) in [6.45, 7) is 0.260. The van der Waals surface area contributed by atoms with Crippen LogP contribution in [0.1, 0.15) is 6.42 Å². The molecule has 2 amide bonds. The summed E-state index contributed by atoms with van der Waals surface area (Å²) < 4.78 is 0. The Balaban J connectivity index is 0.00000361. The van der Waals surface area contributed by atoms with Gasteiger partial charge in [0.05, 0.1) is 0 Å². The fraction of sp³-hybridized carbons (Fsp3) is 0.385. The Bertz CT molecular complexity index is 435. The lowest BCUT2D eigenvalue weighted by molar-refractivity contribution is -0.136. The van der Waals surface area contributed by atoms with E-state index in [-0.39, 0.29) is 25.6 Å². The number of aliphatic hydroxyl groups is 1. The first-order chi connectivity index (χ1) is 9.04. The van der Waals surface area contributed by atoms with Crippen molar-refractivity contribution >= 4 is 35.6 Å². The van der Waals surface area contributed by atoms with Gasteiger partial charge in [0.25, 0.3) is 0 Å². The summed E-state index contributed by atoms with van der Waals surface area (Å²) >= 11 is 0. The summed E-state index contributed by atoms with van der Waals surface area (Å²) in [5, 5.41) is 13.5. The molecular weight excluding hydrogens is 282 g/mol. The standard InChI is InChI=1S/C13H19N3O3.ClH/c1-16(2)11-6-4-10(5-7-11)15-13(19)12(18)14-8-3-9-17;/h4-7,17H,3,8-9H2,1-2H3,(H,14,18)(H,15,19);1H. The zero-order valence-corrected chi connectivity index (χ0v) is 12.4. The number of hydrogen-bond acceptors (Lipinski definition) is 4. The molecule has 1 aromatic carbocycles. The van der Waals surface area contributed by atoms with E-state index in [0.29, 0.717) is 12.1 Å². The Morgan fingerprint density at radius 2 is 1.75 bits per heavy atom. The Morgan fingerprint density at radius 3 is 2.25 bits per heavy atom. The van der Waals surface area contributed by atoms with Crippen LogP contribution in [0, 0.1) is 0 Å². The van der Waals surface area contributed by atoms with Crippen molar-refractivity contribution in [1.29, 1.82) is 0 Å². The highest BCUT2D eigenvalue weighted by Gasteiger charge is 2.12. The first-order valence-electron chi connectivity index (χ1n) is 6.02. The number of nitrogens with zero attached hydrogens (tertiary/aromatic N) is 1. The van der Waals surface area contributed by atoms with Crippen LogP contribution >= 0.6 is 12.4 Å². The molecule has 1 aromatic rings. The van der Waals surface area contributed by atoms with Gasteiger partial charge < -0.3 is 20.6 Å². The highest BCUT2D eigenvalue weighted by atomic mass is 35.5. The maximum Gasteiger partial charge on any atom is 0.313 e. The molecule has 7 heteroatoms. The second-order valence-corrected chi connectivity index (χ2v) is 4.23. The van der Waals surface area contributed by atoms with Gasteiger partial charge in [-0.25, -0.2) is 0 Å². The maximum atomic E-state index is 11.5. The number of aliphatic hydroxyl groups excluding tert-OH is 1. The second kappa shape index (κ2) is 9.17. The van der Waals surface area contributed by atoms with E-state index in [1.807, 2.05) is 31.1 Å². The van der Waals surface area contributed by atoms with Gasteiger partial charge in [0.2, 0.25) is 0 Å². The minimum atomic E-state index is -0.712. The average molecular weight is 302 g/mol. The number of hydrogen-bond donors (Lipinski definition) is 3. The van der Waals surface area contributed by atoms with Crippen molar-refractivity contribution in [2.45, 2.75) is 6.42 Å². The van der Waals surface area contributed by atoms with E-state index >= 15 is 0 Å². The predicted octanol–water partition coefficient (Wildman–Crippen LogP) is 0.612. The number of carbonyl (C=O) groups excluding carboxylic acids is 2. The normalized spacial score (nSPS) is 9.35. The maximum absolute atomic E-state index is 11.5. The lowest BCUT2D eigenvalue weighted by atomic mass is 10.2. The van der Waals surface area contributed by atoms with Gasteiger partial charge >= 0.3 is 11.8 Å². The highest BCUT2D eigenvalue weighted by molar-refractivity contribution is 6.39. The zero-order chi connectivity index (χ0) is 14.3. The van der Waals surface area contributed by atoms with Gasteiger partial charge in [0.15, 0.2) is 0 Å². The van der Waals surface area contributed by atoms with Crippen LogP contribution in [0.5, 0.6) is 0 Å². The molecule has 0 fully saturated rings. The van der Waals surface area contributed by atoms with Crippen molar-refractivity contribution in [2.75, 3.05) is 37.5 Å². The molecule has 0 spiro atoms. The monoisotopic (exact) mass is 301 g/mol. The van der Waals surface area contributed by atoms with E-state index in [1.165, 1.54) is 0 Å². The van der Waals surface area contributed by atoms with Crippen molar-refractivity contribution < 1.29 is 14.7 Å². The van der Waals surface area contributed by atoms with Gasteiger partial charge in [-0.1, -0.05) is 0 Å². The molecule has 0 aliphatic rings. The molecule has 6 nitrogen and oxygen atoms in total. The van der Waals surface area contributed by atoms with Gasteiger partial charge in [-0.2, -0.15) is 0 Å². The number of halogens is 1. The largest absolute Gasteiger partial charge is 0.396 e. The van der Waals surface area contributed by atoms with Crippen molar-refractivity contribution in [1.82, 2.24) is 5.32 Å². The molecule has 0 saturated heterocycles. The number of nitrogens with one attached hydrogen (secondary N) is 2. The fourth-order valence-electron chi connectivity index (χ4n) is 1.39. The Kier molecular flexibility index (Phi) is 8.35. The third-order valence-corrected chi connectivity index (χ3v) is 2.47. The Hall–Kier alpha value is -1.79. The number of anilines is 2. The number of rotatable bonds is 5. The van der Waals surface area contributed by atoms with Crippen molar-refractivity contribution in [3.63, 3.8) is 0 Å². The zero-order valence-electron chi connectivity index (χ0n) is 11.5. The predicted molar refractivity (Wildman–Crippen MR) is 81.4 cm³/mol. The Morgan fingerprint density at radius 1 is 1.15 bits per heavy atom. The Labute approximate surface area is 124 Å². The molecule has 0 heterocycles. The number of amides is 2. The summed E-state index contributed by atoms with van der Waals surface area (Å²) in [5.74, 6) is -1.42. The number of carbonyl (C=O) groups is 2. The molecule has 0 bridgehead atoms. The van der Waals surface area contributed by atoms with Crippen LogP contribution in [0.3, 0.4) is 0 Å². The third kappa shape index (κ3) is 5.90. The van der Waals surface area contributed by atoms with Crippen LogP contribution in [0.15, 0.2) is 24.3 Å². The second-order valence-electron chi connectivity index (χ2n) is 4.23. The van der Waals surface area contributed by atoms with Crippen LogP contribution < -0.4 is 15.5 Å². The van der Waals surface area contributed by atoms with Crippen LogP contribution in [0.2, 0.25) is 0 Å². The first-order valence-corrected chi connectivity index (χ1v) is 6.02. The average Bonchev–Trinajstić information content (AvgIpc) is 2.39.